The van der Waals surface area contributed by atoms with Crippen LogP contribution in [0.3, 0.4) is 0 Å². The normalized spacial score (nSPS) is 10.6. The fourth-order valence-corrected chi connectivity index (χ4v) is 4.08. The molecule has 0 aliphatic rings. The molecule has 0 unspecified atom stereocenters. The van der Waals surface area contributed by atoms with Gasteiger partial charge < -0.3 is 10.2 Å². The summed E-state index contributed by atoms with van der Waals surface area (Å²) in [6.45, 7) is 4.71. The number of hydrogen-bond donors (Lipinski definition) is 1. The number of carbonyl (C=O) groups excluding carboxylic acids is 1. The topological polar surface area (TPSA) is 58.1 Å². The van der Waals surface area contributed by atoms with Gasteiger partial charge in [0, 0.05) is 19.3 Å². The van der Waals surface area contributed by atoms with Gasteiger partial charge in [-0.1, -0.05) is 70.6 Å². The zero-order chi connectivity index (χ0) is 19.2. The quantitative estimate of drug-likeness (QED) is 0.587. The van der Waals surface area contributed by atoms with E-state index < -0.39 is 0 Å². The van der Waals surface area contributed by atoms with E-state index >= 15 is 0 Å². The Hall–Kier alpha value is -2.38. The lowest BCUT2D eigenvalue weighted by atomic mass is 10.1. The predicted molar refractivity (Wildman–Crippen MR) is 113 cm³/mol. The summed E-state index contributed by atoms with van der Waals surface area (Å²) in [7, 11) is 1.83. The molecule has 7 heteroatoms. The number of hydrogen-bond acceptors (Lipinski definition) is 6. The summed E-state index contributed by atoms with van der Waals surface area (Å²) in [5.41, 5.74) is 4.53. The van der Waals surface area contributed by atoms with Crippen LogP contribution in [0, 0.1) is 13.8 Å². The highest BCUT2D eigenvalue weighted by molar-refractivity contribution is 8.01. The number of amides is 1. The van der Waals surface area contributed by atoms with Crippen molar-refractivity contribution in [1.29, 1.82) is 0 Å². The van der Waals surface area contributed by atoms with Crippen LogP contribution in [0.2, 0.25) is 0 Å². The molecule has 27 heavy (non-hydrogen) atoms. The summed E-state index contributed by atoms with van der Waals surface area (Å²) < 4.78 is 0.779. The average Bonchev–Trinajstić information content (AvgIpc) is 3.11. The van der Waals surface area contributed by atoms with Crippen LogP contribution < -0.4 is 5.32 Å². The Morgan fingerprint density at radius 1 is 1.04 bits per heavy atom. The van der Waals surface area contributed by atoms with Gasteiger partial charge in [0.2, 0.25) is 11.0 Å². The Bertz CT molecular complexity index is 891. The maximum Gasteiger partial charge on any atom is 0.233 e. The van der Waals surface area contributed by atoms with Crippen LogP contribution in [0.5, 0.6) is 0 Å². The van der Waals surface area contributed by atoms with Crippen LogP contribution in [0.1, 0.15) is 16.7 Å². The molecule has 2 aromatic carbocycles. The Kier molecular flexibility index (Phi) is 6.47. The highest BCUT2D eigenvalue weighted by atomic mass is 32.2. The molecule has 0 radical (unpaired) electrons. The van der Waals surface area contributed by atoms with Gasteiger partial charge in [0.1, 0.15) is 0 Å². The molecule has 3 rings (SSSR count). The summed E-state index contributed by atoms with van der Waals surface area (Å²) in [4.78, 5) is 14.1. The molecule has 1 aromatic heterocycles. The number of thioether (sulfide) groups is 1. The van der Waals surface area contributed by atoms with Crippen molar-refractivity contribution in [2.75, 3.05) is 18.1 Å². The second-order valence-electron chi connectivity index (χ2n) is 6.39. The third-order valence-electron chi connectivity index (χ3n) is 3.99. The molecule has 0 bridgehead atoms. The molecule has 0 saturated heterocycles. The molecule has 1 amide bonds. The summed E-state index contributed by atoms with van der Waals surface area (Å²) in [6.07, 6.45) is 0. The minimum Gasteiger partial charge on any atom is -0.341 e. The lowest BCUT2D eigenvalue weighted by molar-refractivity contribution is -0.127. The van der Waals surface area contributed by atoms with Crippen molar-refractivity contribution in [3.8, 4) is 0 Å². The molecule has 5 nitrogen and oxygen atoms in total. The number of anilines is 2. The monoisotopic (exact) mass is 398 g/mol. The number of carbonyl (C=O) groups is 1. The molecule has 140 valence electrons. The summed E-state index contributed by atoms with van der Waals surface area (Å²) in [6, 6.07) is 16.3. The highest BCUT2D eigenvalue weighted by Gasteiger charge is 2.12. The standard InChI is InChI=1S/C20H22N4OS2/c1-14-4-8-16(9-5-14)12-24(3)18(25)13-26-20-23-22-19(27-20)21-17-10-6-15(2)7-11-17/h4-11H,12-13H2,1-3H3,(H,21,22). The van der Waals surface area contributed by atoms with Gasteiger partial charge >= 0.3 is 0 Å². The van der Waals surface area contributed by atoms with Crippen LogP contribution in [0.25, 0.3) is 0 Å². The molecule has 3 aromatic rings. The second-order valence-corrected chi connectivity index (χ2v) is 8.59. The molecule has 0 fully saturated rings. The Labute approximate surface area is 167 Å². The Morgan fingerprint density at radius 3 is 2.33 bits per heavy atom. The van der Waals surface area contributed by atoms with E-state index in [4.69, 9.17) is 0 Å². The van der Waals surface area contributed by atoms with E-state index in [1.165, 1.54) is 34.2 Å². The van der Waals surface area contributed by atoms with E-state index in [-0.39, 0.29) is 5.91 Å². The van der Waals surface area contributed by atoms with Gasteiger partial charge in [0.25, 0.3) is 0 Å². The third kappa shape index (κ3) is 5.80. The number of aryl methyl sites for hydroxylation is 2. The third-order valence-corrected chi connectivity index (χ3v) is 5.95. The maximum atomic E-state index is 12.4. The van der Waals surface area contributed by atoms with Gasteiger partial charge in [-0.3, -0.25) is 4.79 Å². The lowest BCUT2D eigenvalue weighted by Gasteiger charge is -2.16. The van der Waals surface area contributed by atoms with Gasteiger partial charge in [-0.15, -0.1) is 10.2 Å². The van der Waals surface area contributed by atoms with Crippen molar-refractivity contribution in [1.82, 2.24) is 15.1 Å². The van der Waals surface area contributed by atoms with Crippen LogP contribution in [0.15, 0.2) is 52.9 Å². The zero-order valence-corrected chi connectivity index (χ0v) is 17.2. The molecule has 0 aliphatic heterocycles. The smallest absolute Gasteiger partial charge is 0.233 e. The zero-order valence-electron chi connectivity index (χ0n) is 15.6. The number of benzene rings is 2. The van der Waals surface area contributed by atoms with Crippen molar-refractivity contribution in [3.63, 3.8) is 0 Å². The molecule has 1 N–H and O–H groups in total. The van der Waals surface area contributed by atoms with Gasteiger partial charge in [0.15, 0.2) is 4.34 Å². The number of nitrogens with zero attached hydrogens (tertiary/aromatic N) is 3. The van der Waals surface area contributed by atoms with Gasteiger partial charge in [-0.05, 0) is 31.5 Å². The fraction of sp³-hybridized carbons (Fsp3) is 0.250. The van der Waals surface area contributed by atoms with E-state index in [0.29, 0.717) is 12.3 Å². The van der Waals surface area contributed by atoms with Crippen molar-refractivity contribution in [2.45, 2.75) is 24.7 Å². The van der Waals surface area contributed by atoms with E-state index in [0.717, 1.165) is 20.7 Å². The highest BCUT2D eigenvalue weighted by Crippen LogP contribution is 2.28. The molecule has 0 aliphatic carbocycles. The average molecular weight is 399 g/mol. The molecule has 0 spiro atoms. The summed E-state index contributed by atoms with van der Waals surface area (Å²) in [5.74, 6) is 0.422. The lowest BCUT2D eigenvalue weighted by Crippen LogP contribution is -2.27. The summed E-state index contributed by atoms with van der Waals surface area (Å²) >= 11 is 2.87. The van der Waals surface area contributed by atoms with Crippen LogP contribution in [0.4, 0.5) is 10.8 Å². The molecule has 0 saturated carbocycles. The molecular weight excluding hydrogens is 376 g/mol. The van der Waals surface area contributed by atoms with Crippen molar-refractivity contribution >= 4 is 39.8 Å². The van der Waals surface area contributed by atoms with E-state index in [1.54, 1.807) is 4.90 Å². The maximum absolute atomic E-state index is 12.4. The van der Waals surface area contributed by atoms with Gasteiger partial charge in [0.05, 0.1) is 5.75 Å². The first-order valence-electron chi connectivity index (χ1n) is 8.59. The predicted octanol–water partition coefficient (Wildman–Crippen LogP) is 4.65. The van der Waals surface area contributed by atoms with Crippen LogP contribution in [-0.2, 0) is 11.3 Å². The Balaban J connectivity index is 1.49. The number of aromatic nitrogens is 2. The molecular formula is C20H22N4OS2. The van der Waals surface area contributed by atoms with Crippen molar-refractivity contribution in [2.24, 2.45) is 0 Å². The van der Waals surface area contributed by atoms with Gasteiger partial charge in [-0.2, -0.15) is 0 Å². The number of nitrogens with one attached hydrogen (secondary N) is 1. The first kappa shape index (κ1) is 19.4. The summed E-state index contributed by atoms with van der Waals surface area (Å²) in [5, 5.41) is 12.3. The van der Waals surface area contributed by atoms with Crippen molar-refractivity contribution < 1.29 is 4.79 Å². The minimum atomic E-state index is 0.0730. The first-order chi connectivity index (χ1) is 13.0. The first-order valence-corrected chi connectivity index (χ1v) is 10.4. The van der Waals surface area contributed by atoms with E-state index in [2.05, 4.69) is 53.6 Å². The van der Waals surface area contributed by atoms with Crippen molar-refractivity contribution in [3.05, 3.63) is 65.2 Å². The SMILES string of the molecule is Cc1ccc(CN(C)C(=O)CSc2nnc(Nc3ccc(C)cc3)s2)cc1. The van der Waals surface area contributed by atoms with Crippen LogP contribution >= 0.6 is 23.1 Å². The van der Waals surface area contributed by atoms with Crippen LogP contribution in [-0.4, -0.2) is 33.8 Å². The van der Waals surface area contributed by atoms with Gasteiger partial charge in [-0.25, -0.2) is 0 Å². The second kappa shape index (κ2) is 9.01. The minimum absolute atomic E-state index is 0.0730. The Morgan fingerprint density at radius 2 is 1.67 bits per heavy atom. The van der Waals surface area contributed by atoms with E-state index in [9.17, 15) is 4.79 Å². The van der Waals surface area contributed by atoms with E-state index in [1.807, 2.05) is 31.3 Å². The molecule has 1 heterocycles. The number of rotatable bonds is 7. The largest absolute Gasteiger partial charge is 0.341 e. The molecule has 0 atom stereocenters. The fourth-order valence-electron chi connectivity index (χ4n) is 2.37.